The van der Waals surface area contributed by atoms with Crippen LogP contribution in [0.2, 0.25) is 0 Å². The van der Waals surface area contributed by atoms with Crippen LogP contribution in [-0.4, -0.2) is 31.4 Å². The van der Waals surface area contributed by atoms with Crippen LogP contribution in [-0.2, 0) is 11.3 Å². The SMILES string of the molecule is Cc1nc(-c2ccccc2)n(CC(=O)N2N=C(c3cccs3)CC2c2ccco2)n1. The predicted octanol–water partition coefficient (Wildman–Crippen LogP) is 4.29. The van der Waals surface area contributed by atoms with E-state index in [1.54, 1.807) is 22.3 Å². The Morgan fingerprint density at radius 1 is 1.17 bits per heavy atom. The Hall–Kier alpha value is -3.52. The van der Waals surface area contributed by atoms with E-state index in [2.05, 4.69) is 15.2 Å². The first-order valence-electron chi connectivity index (χ1n) is 9.63. The summed E-state index contributed by atoms with van der Waals surface area (Å²) in [5, 5.41) is 12.6. The van der Waals surface area contributed by atoms with E-state index in [0.717, 1.165) is 21.9 Å². The molecule has 4 aromatic rings. The van der Waals surface area contributed by atoms with E-state index in [4.69, 9.17) is 4.42 Å². The molecule has 1 aliphatic heterocycles. The lowest BCUT2D eigenvalue weighted by Gasteiger charge is -2.20. The number of hydrazone groups is 1. The summed E-state index contributed by atoms with van der Waals surface area (Å²) in [5.41, 5.74) is 1.80. The molecule has 1 aromatic carbocycles. The number of aryl methyl sites for hydroxylation is 1. The molecular weight excluding hydrogens is 398 g/mol. The number of amides is 1. The van der Waals surface area contributed by atoms with Gasteiger partial charge in [0.1, 0.15) is 24.2 Å². The third kappa shape index (κ3) is 3.46. The second-order valence-electron chi connectivity index (χ2n) is 7.00. The zero-order valence-electron chi connectivity index (χ0n) is 16.3. The number of furan rings is 1. The van der Waals surface area contributed by atoms with Gasteiger partial charge in [0.05, 0.1) is 16.9 Å². The van der Waals surface area contributed by atoms with E-state index in [1.807, 2.05) is 66.9 Å². The third-order valence-electron chi connectivity index (χ3n) is 4.94. The highest BCUT2D eigenvalue weighted by Gasteiger charge is 2.35. The fourth-order valence-corrected chi connectivity index (χ4v) is 4.32. The Morgan fingerprint density at radius 3 is 2.77 bits per heavy atom. The second kappa shape index (κ2) is 7.72. The van der Waals surface area contributed by atoms with Crippen molar-refractivity contribution < 1.29 is 9.21 Å². The molecule has 150 valence electrons. The number of carbonyl (C=O) groups is 1. The van der Waals surface area contributed by atoms with Crippen LogP contribution in [0.3, 0.4) is 0 Å². The lowest BCUT2D eigenvalue weighted by molar-refractivity contribution is -0.134. The minimum absolute atomic E-state index is 0.0451. The third-order valence-corrected chi connectivity index (χ3v) is 5.86. The summed E-state index contributed by atoms with van der Waals surface area (Å²) in [5.74, 6) is 1.84. The van der Waals surface area contributed by atoms with Gasteiger partial charge in [0.15, 0.2) is 5.82 Å². The Balaban J connectivity index is 1.46. The van der Waals surface area contributed by atoms with Crippen molar-refractivity contribution in [2.45, 2.75) is 25.9 Å². The number of benzene rings is 1. The molecule has 5 rings (SSSR count). The Labute approximate surface area is 177 Å². The van der Waals surface area contributed by atoms with Crippen LogP contribution in [0, 0.1) is 6.92 Å². The molecule has 1 aliphatic rings. The zero-order chi connectivity index (χ0) is 20.5. The average Bonchev–Trinajstić information content (AvgIpc) is 3.53. The zero-order valence-corrected chi connectivity index (χ0v) is 17.1. The van der Waals surface area contributed by atoms with Crippen molar-refractivity contribution in [2.24, 2.45) is 5.10 Å². The summed E-state index contributed by atoms with van der Waals surface area (Å²) in [6.45, 7) is 1.87. The molecule has 1 amide bonds. The number of hydrogen-bond donors (Lipinski definition) is 0. The quantitative estimate of drug-likeness (QED) is 0.485. The minimum Gasteiger partial charge on any atom is -0.467 e. The van der Waals surface area contributed by atoms with Crippen molar-refractivity contribution in [1.29, 1.82) is 0 Å². The molecule has 30 heavy (non-hydrogen) atoms. The van der Waals surface area contributed by atoms with Crippen LogP contribution < -0.4 is 0 Å². The first kappa shape index (κ1) is 18.5. The Bertz CT molecular complexity index is 1180. The summed E-state index contributed by atoms with van der Waals surface area (Å²) in [6.07, 6.45) is 2.23. The van der Waals surface area contributed by atoms with Crippen molar-refractivity contribution in [3.63, 3.8) is 0 Å². The van der Waals surface area contributed by atoms with Crippen molar-refractivity contribution >= 4 is 23.0 Å². The molecule has 1 atom stereocenters. The Kier molecular flexibility index (Phi) is 4.76. The molecule has 0 bridgehead atoms. The van der Waals surface area contributed by atoms with Crippen LogP contribution in [0.15, 0.2) is 75.8 Å². The van der Waals surface area contributed by atoms with Gasteiger partial charge in [-0.1, -0.05) is 36.4 Å². The van der Waals surface area contributed by atoms with Gasteiger partial charge in [0, 0.05) is 12.0 Å². The maximum Gasteiger partial charge on any atom is 0.265 e. The number of aromatic nitrogens is 3. The first-order valence-corrected chi connectivity index (χ1v) is 10.5. The molecule has 0 spiro atoms. The van der Waals surface area contributed by atoms with Gasteiger partial charge >= 0.3 is 0 Å². The van der Waals surface area contributed by atoms with Gasteiger partial charge in [-0.2, -0.15) is 10.2 Å². The smallest absolute Gasteiger partial charge is 0.265 e. The van der Waals surface area contributed by atoms with Crippen molar-refractivity contribution in [2.75, 3.05) is 0 Å². The van der Waals surface area contributed by atoms with Gasteiger partial charge in [0.2, 0.25) is 0 Å². The highest BCUT2D eigenvalue weighted by molar-refractivity contribution is 7.12. The normalized spacial score (nSPS) is 16.1. The van der Waals surface area contributed by atoms with Crippen LogP contribution in [0.25, 0.3) is 11.4 Å². The van der Waals surface area contributed by atoms with E-state index in [9.17, 15) is 4.79 Å². The molecule has 0 saturated carbocycles. The predicted molar refractivity (Wildman–Crippen MR) is 114 cm³/mol. The standard InChI is InChI=1S/C22H19N5O2S/c1-15-23-22(16-7-3-2-4-8-16)26(24-15)14-21(28)27-18(19-9-5-11-29-19)13-17(25-27)20-10-6-12-30-20/h2-12,18H,13-14H2,1H3. The minimum atomic E-state index is -0.269. The number of thiophene rings is 1. The highest BCUT2D eigenvalue weighted by atomic mass is 32.1. The van der Waals surface area contributed by atoms with E-state index in [1.165, 1.54) is 5.01 Å². The molecule has 0 fully saturated rings. The molecule has 0 radical (unpaired) electrons. The van der Waals surface area contributed by atoms with Crippen LogP contribution >= 0.6 is 11.3 Å². The second-order valence-corrected chi connectivity index (χ2v) is 7.95. The maximum absolute atomic E-state index is 13.3. The lowest BCUT2D eigenvalue weighted by atomic mass is 10.1. The van der Waals surface area contributed by atoms with E-state index >= 15 is 0 Å². The van der Waals surface area contributed by atoms with E-state index < -0.39 is 0 Å². The fourth-order valence-electron chi connectivity index (χ4n) is 3.60. The molecule has 8 heteroatoms. The highest BCUT2D eigenvalue weighted by Crippen LogP contribution is 2.34. The number of hydrogen-bond acceptors (Lipinski definition) is 6. The number of rotatable bonds is 5. The number of carbonyl (C=O) groups excluding carboxylic acids is 1. The van der Waals surface area contributed by atoms with Gasteiger partial charge in [-0.25, -0.2) is 14.7 Å². The van der Waals surface area contributed by atoms with Crippen LogP contribution in [0.4, 0.5) is 0 Å². The summed E-state index contributed by atoms with van der Waals surface area (Å²) in [6, 6.07) is 17.2. The molecule has 0 N–H and O–H groups in total. The molecule has 4 heterocycles. The summed E-state index contributed by atoms with van der Waals surface area (Å²) >= 11 is 1.61. The van der Waals surface area contributed by atoms with Gasteiger partial charge in [0.25, 0.3) is 5.91 Å². The Morgan fingerprint density at radius 2 is 2.03 bits per heavy atom. The van der Waals surface area contributed by atoms with Gasteiger partial charge in [-0.3, -0.25) is 4.79 Å². The summed E-state index contributed by atoms with van der Waals surface area (Å²) < 4.78 is 7.26. The van der Waals surface area contributed by atoms with E-state index in [-0.39, 0.29) is 18.5 Å². The van der Waals surface area contributed by atoms with Crippen molar-refractivity contribution in [3.8, 4) is 11.4 Å². The van der Waals surface area contributed by atoms with Gasteiger partial charge in [-0.15, -0.1) is 11.3 Å². The van der Waals surface area contributed by atoms with E-state index in [0.29, 0.717) is 18.1 Å². The molecule has 3 aromatic heterocycles. The number of nitrogens with zero attached hydrogens (tertiary/aromatic N) is 5. The largest absolute Gasteiger partial charge is 0.467 e. The van der Waals surface area contributed by atoms with Crippen LogP contribution in [0.5, 0.6) is 0 Å². The first-order chi connectivity index (χ1) is 14.7. The maximum atomic E-state index is 13.3. The summed E-state index contributed by atoms with van der Waals surface area (Å²) in [4.78, 5) is 18.9. The average molecular weight is 417 g/mol. The molecule has 1 unspecified atom stereocenters. The monoisotopic (exact) mass is 417 g/mol. The van der Waals surface area contributed by atoms with Crippen LogP contribution in [0.1, 0.15) is 28.9 Å². The molecule has 7 nitrogen and oxygen atoms in total. The van der Waals surface area contributed by atoms with Crippen molar-refractivity contribution in [1.82, 2.24) is 19.8 Å². The van der Waals surface area contributed by atoms with Gasteiger partial charge < -0.3 is 4.42 Å². The van der Waals surface area contributed by atoms with Crippen molar-refractivity contribution in [3.05, 3.63) is 82.7 Å². The summed E-state index contributed by atoms with van der Waals surface area (Å²) in [7, 11) is 0. The van der Waals surface area contributed by atoms with Gasteiger partial charge in [-0.05, 0) is 30.5 Å². The topological polar surface area (TPSA) is 76.5 Å². The fraction of sp³-hybridized carbons (Fsp3) is 0.182. The lowest BCUT2D eigenvalue weighted by Crippen LogP contribution is -2.30. The molecule has 0 aliphatic carbocycles. The molecular formula is C22H19N5O2S. The molecule has 0 saturated heterocycles.